The molecule has 1 unspecified atom stereocenters. The third-order valence-electron chi connectivity index (χ3n) is 5.49. The van der Waals surface area contributed by atoms with Gasteiger partial charge in [0, 0.05) is 6.04 Å². The van der Waals surface area contributed by atoms with Gasteiger partial charge in [-0.1, -0.05) is 31.0 Å². The van der Waals surface area contributed by atoms with Crippen LogP contribution in [0.15, 0.2) is 24.3 Å². The van der Waals surface area contributed by atoms with Crippen LogP contribution in [0.25, 0.3) is 0 Å². The van der Waals surface area contributed by atoms with E-state index in [1.165, 1.54) is 69.9 Å². The molecule has 1 atom stereocenters. The second-order valence-electron chi connectivity index (χ2n) is 7.15. The van der Waals surface area contributed by atoms with E-state index in [4.69, 9.17) is 4.74 Å². The Morgan fingerprint density at radius 3 is 2.59 bits per heavy atom. The standard InChI is InChI=1S/C20H31NO/c1-21-16-8-7-10-18(21)15-14-17-9-5-6-13-20(17)22-19-11-3-2-4-12-19/h5-6,9,13,18-19H,2-4,7-8,10-12,14-16H2,1H3. The van der Waals surface area contributed by atoms with E-state index in [2.05, 4.69) is 36.2 Å². The molecule has 0 aromatic heterocycles. The molecule has 1 aromatic carbocycles. The molecule has 22 heavy (non-hydrogen) atoms. The van der Waals surface area contributed by atoms with E-state index in [-0.39, 0.29) is 0 Å². The molecule has 1 heterocycles. The van der Waals surface area contributed by atoms with Crippen LogP contribution in [0.5, 0.6) is 5.75 Å². The Bertz CT molecular complexity index is 453. The van der Waals surface area contributed by atoms with E-state index in [1.807, 2.05) is 0 Å². The van der Waals surface area contributed by atoms with Crippen molar-refractivity contribution in [3.05, 3.63) is 29.8 Å². The van der Waals surface area contributed by atoms with Crippen molar-refractivity contribution in [2.24, 2.45) is 0 Å². The first-order valence-electron chi connectivity index (χ1n) is 9.28. The van der Waals surface area contributed by atoms with Crippen molar-refractivity contribution in [2.75, 3.05) is 13.6 Å². The molecule has 1 aliphatic carbocycles. The summed E-state index contributed by atoms with van der Waals surface area (Å²) in [6, 6.07) is 9.48. The Morgan fingerprint density at radius 2 is 1.77 bits per heavy atom. The summed E-state index contributed by atoms with van der Waals surface area (Å²) in [5.74, 6) is 1.15. The molecular weight excluding hydrogens is 270 g/mol. The monoisotopic (exact) mass is 301 g/mol. The van der Waals surface area contributed by atoms with Crippen LogP contribution >= 0.6 is 0 Å². The van der Waals surface area contributed by atoms with Crippen molar-refractivity contribution in [1.82, 2.24) is 4.90 Å². The predicted octanol–water partition coefficient (Wildman–Crippen LogP) is 4.82. The molecule has 0 spiro atoms. The molecule has 1 aliphatic heterocycles. The summed E-state index contributed by atoms with van der Waals surface area (Å²) in [7, 11) is 2.29. The quantitative estimate of drug-likeness (QED) is 0.773. The van der Waals surface area contributed by atoms with Crippen LogP contribution in [0.3, 0.4) is 0 Å². The summed E-state index contributed by atoms with van der Waals surface area (Å²) in [6.07, 6.45) is 13.5. The normalized spacial score (nSPS) is 24.3. The minimum absolute atomic E-state index is 0.451. The highest BCUT2D eigenvalue weighted by Gasteiger charge is 2.20. The molecule has 1 aromatic rings. The molecule has 1 saturated heterocycles. The maximum atomic E-state index is 6.34. The van der Waals surface area contributed by atoms with Crippen molar-refractivity contribution < 1.29 is 4.74 Å². The van der Waals surface area contributed by atoms with Gasteiger partial charge in [0.05, 0.1) is 6.10 Å². The van der Waals surface area contributed by atoms with Crippen molar-refractivity contribution in [2.45, 2.75) is 76.4 Å². The number of rotatable bonds is 5. The third kappa shape index (κ3) is 4.25. The number of hydrogen-bond donors (Lipinski definition) is 0. The summed E-state index contributed by atoms with van der Waals surface area (Å²) in [6.45, 7) is 1.27. The fourth-order valence-electron chi connectivity index (χ4n) is 4.02. The Balaban J connectivity index is 1.58. The third-order valence-corrected chi connectivity index (χ3v) is 5.49. The Hall–Kier alpha value is -1.02. The Labute approximate surface area is 135 Å². The molecule has 0 amide bonds. The van der Waals surface area contributed by atoms with Gasteiger partial charge in [-0.2, -0.15) is 0 Å². The van der Waals surface area contributed by atoms with Crippen LogP contribution in [0, 0.1) is 0 Å². The van der Waals surface area contributed by atoms with Gasteiger partial charge in [-0.3, -0.25) is 0 Å². The second-order valence-corrected chi connectivity index (χ2v) is 7.15. The van der Waals surface area contributed by atoms with Gasteiger partial charge in [0.2, 0.25) is 0 Å². The van der Waals surface area contributed by atoms with E-state index in [1.54, 1.807) is 0 Å². The first kappa shape index (κ1) is 15.9. The highest BCUT2D eigenvalue weighted by Crippen LogP contribution is 2.28. The van der Waals surface area contributed by atoms with Gasteiger partial charge in [-0.15, -0.1) is 0 Å². The minimum atomic E-state index is 0.451. The van der Waals surface area contributed by atoms with Crippen molar-refractivity contribution >= 4 is 0 Å². The lowest BCUT2D eigenvalue weighted by Gasteiger charge is -2.32. The first-order chi connectivity index (χ1) is 10.8. The zero-order chi connectivity index (χ0) is 15.2. The van der Waals surface area contributed by atoms with Gasteiger partial charge in [-0.05, 0) is 76.6 Å². The summed E-state index contributed by atoms with van der Waals surface area (Å²) in [5, 5.41) is 0. The number of nitrogens with zero attached hydrogens (tertiary/aromatic N) is 1. The van der Waals surface area contributed by atoms with Crippen LogP contribution in [-0.4, -0.2) is 30.6 Å². The highest BCUT2D eigenvalue weighted by atomic mass is 16.5. The maximum absolute atomic E-state index is 6.34. The number of likely N-dealkylation sites (tertiary alicyclic amines) is 1. The Morgan fingerprint density at radius 1 is 1.00 bits per heavy atom. The number of aryl methyl sites for hydroxylation is 1. The van der Waals surface area contributed by atoms with Crippen molar-refractivity contribution in [1.29, 1.82) is 0 Å². The topological polar surface area (TPSA) is 12.5 Å². The lowest BCUT2D eigenvalue weighted by Crippen LogP contribution is -2.36. The Kier molecular flexibility index (Phi) is 5.77. The fourth-order valence-corrected chi connectivity index (χ4v) is 4.02. The average molecular weight is 301 g/mol. The number of para-hydroxylation sites is 1. The molecular formula is C20H31NO. The average Bonchev–Trinajstić information content (AvgIpc) is 2.56. The highest BCUT2D eigenvalue weighted by molar-refractivity contribution is 5.33. The van der Waals surface area contributed by atoms with Crippen molar-refractivity contribution in [3.8, 4) is 5.75 Å². The van der Waals surface area contributed by atoms with Crippen molar-refractivity contribution in [3.63, 3.8) is 0 Å². The smallest absolute Gasteiger partial charge is 0.122 e. The molecule has 3 rings (SSSR count). The van der Waals surface area contributed by atoms with E-state index in [0.29, 0.717) is 6.10 Å². The first-order valence-corrected chi connectivity index (χ1v) is 9.28. The zero-order valence-corrected chi connectivity index (χ0v) is 14.1. The second kappa shape index (κ2) is 8.01. The zero-order valence-electron chi connectivity index (χ0n) is 14.1. The molecule has 0 bridgehead atoms. The van der Waals surface area contributed by atoms with Gasteiger partial charge in [0.1, 0.15) is 5.75 Å². The van der Waals surface area contributed by atoms with Gasteiger partial charge in [0.15, 0.2) is 0 Å². The summed E-state index contributed by atoms with van der Waals surface area (Å²) in [4.78, 5) is 2.55. The molecule has 2 aliphatic rings. The molecule has 2 heteroatoms. The van der Waals surface area contributed by atoms with E-state index < -0.39 is 0 Å². The van der Waals surface area contributed by atoms with Crippen LogP contribution < -0.4 is 4.74 Å². The van der Waals surface area contributed by atoms with Crippen LogP contribution in [-0.2, 0) is 6.42 Å². The molecule has 0 N–H and O–H groups in total. The number of benzene rings is 1. The number of piperidine rings is 1. The van der Waals surface area contributed by atoms with Gasteiger partial charge >= 0.3 is 0 Å². The predicted molar refractivity (Wildman–Crippen MR) is 92.5 cm³/mol. The summed E-state index contributed by atoms with van der Waals surface area (Å²) < 4.78 is 6.34. The number of hydrogen-bond acceptors (Lipinski definition) is 2. The molecule has 2 fully saturated rings. The minimum Gasteiger partial charge on any atom is -0.490 e. The van der Waals surface area contributed by atoms with Gasteiger partial charge < -0.3 is 9.64 Å². The van der Waals surface area contributed by atoms with Crippen LogP contribution in [0.4, 0.5) is 0 Å². The SMILES string of the molecule is CN1CCCCC1CCc1ccccc1OC1CCCCC1. The van der Waals surface area contributed by atoms with E-state index in [0.717, 1.165) is 18.2 Å². The summed E-state index contributed by atoms with van der Waals surface area (Å²) in [5.41, 5.74) is 1.41. The molecule has 1 saturated carbocycles. The van der Waals surface area contributed by atoms with Gasteiger partial charge in [-0.25, -0.2) is 0 Å². The largest absolute Gasteiger partial charge is 0.490 e. The van der Waals surface area contributed by atoms with E-state index in [9.17, 15) is 0 Å². The molecule has 0 radical (unpaired) electrons. The number of ether oxygens (including phenoxy) is 1. The van der Waals surface area contributed by atoms with Crippen LogP contribution in [0.1, 0.15) is 63.4 Å². The van der Waals surface area contributed by atoms with Crippen LogP contribution in [0.2, 0.25) is 0 Å². The van der Waals surface area contributed by atoms with E-state index >= 15 is 0 Å². The fraction of sp³-hybridized carbons (Fsp3) is 0.700. The van der Waals surface area contributed by atoms with Gasteiger partial charge in [0.25, 0.3) is 0 Å². The lowest BCUT2D eigenvalue weighted by atomic mass is 9.95. The molecule has 122 valence electrons. The summed E-state index contributed by atoms with van der Waals surface area (Å²) >= 11 is 0. The molecule has 2 nitrogen and oxygen atoms in total. The lowest BCUT2D eigenvalue weighted by molar-refractivity contribution is 0.152. The maximum Gasteiger partial charge on any atom is 0.122 e.